The summed E-state index contributed by atoms with van der Waals surface area (Å²) in [5.74, 6) is -0.395. The van der Waals surface area contributed by atoms with Crippen molar-refractivity contribution in [3.63, 3.8) is 0 Å². The lowest BCUT2D eigenvalue weighted by Crippen LogP contribution is -2.25. The average molecular weight is 297 g/mol. The molecule has 2 aromatic heterocycles. The zero-order chi connectivity index (χ0) is 15.9. The second-order valence-corrected chi connectivity index (χ2v) is 5.58. The predicted molar refractivity (Wildman–Crippen MR) is 83.9 cm³/mol. The number of hydrogen-bond acceptors (Lipinski definition) is 3. The highest BCUT2D eigenvalue weighted by molar-refractivity contribution is 5.85. The minimum Gasteiger partial charge on any atom is -0.268 e. The van der Waals surface area contributed by atoms with Crippen molar-refractivity contribution < 1.29 is 4.39 Å². The van der Waals surface area contributed by atoms with Gasteiger partial charge >= 0.3 is 0 Å². The standard InChI is InChI=1S/C17H16FN3O/c1-10(2)14-12-6-4-5-7-13(12)17(22)21(15(14)18)16-11(3)8-9-19-20-16/h4-10H,1-3H3. The van der Waals surface area contributed by atoms with Gasteiger partial charge in [0.15, 0.2) is 5.82 Å². The van der Waals surface area contributed by atoms with Gasteiger partial charge in [0.05, 0.1) is 6.20 Å². The van der Waals surface area contributed by atoms with Gasteiger partial charge in [-0.05, 0) is 35.9 Å². The quantitative estimate of drug-likeness (QED) is 0.681. The molecule has 3 aromatic rings. The molecule has 0 saturated heterocycles. The van der Waals surface area contributed by atoms with Crippen molar-refractivity contribution in [3.8, 4) is 5.82 Å². The molecule has 0 radical (unpaired) electrons. The normalized spacial score (nSPS) is 11.3. The van der Waals surface area contributed by atoms with Crippen LogP contribution in [-0.4, -0.2) is 14.8 Å². The first-order valence-corrected chi connectivity index (χ1v) is 7.14. The van der Waals surface area contributed by atoms with Gasteiger partial charge in [0.1, 0.15) is 0 Å². The number of rotatable bonds is 2. The van der Waals surface area contributed by atoms with E-state index < -0.39 is 11.5 Å². The van der Waals surface area contributed by atoms with E-state index in [2.05, 4.69) is 10.2 Å². The van der Waals surface area contributed by atoms with Crippen molar-refractivity contribution in [3.05, 3.63) is 64.0 Å². The van der Waals surface area contributed by atoms with Crippen LogP contribution in [0.4, 0.5) is 4.39 Å². The minimum atomic E-state index is -0.567. The molecule has 0 atom stereocenters. The molecule has 0 aliphatic heterocycles. The number of hydrogen-bond donors (Lipinski definition) is 0. The summed E-state index contributed by atoms with van der Waals surface area (Å²) >= 11 is 0. The third-order valence-corrected chi connectivity index (χ3v) is 3.75. The minimum absolute atomic E-state index is 0.0614. The molecule has 1 aromatic carbocycles. The summed E-state index contributed by atoms with van der Waals surface area (Å²) in [6, 6.07) is 8.79. The average Bonchev–Trinajstić information content (AvgIpc) is 2.49. The van der Waals surface area contributed by atoms with Crippen LogP contribution in [0, 0.1) is 12.9 Å². The topological polar surface area (TPSA) is 47.8 Å². The molecule has 5 heteroatoms. The van der Waals surface area contributed by atoms with Gasteiger partial charge in [0.2, 0.25) is 5.95 Å². The summed E-state index contributed by atoms with van der Waals surface area (Å²) in [4.78, 5) is 12.7. The maximum atomic E-state index is 15.1. The first-order valence-electron chi connectivity index (χ1n) is 7.14. The van der Waals surface area contributed by atoms with Gasteiger partial charge in [0, 0.05) is 10.9 Å². The highest BCUT2D eigenvalue weighted by Gasteiger charge is 2.21. The van der Waals surface area contributed by atoms with Crippen LogP contribution in [-0.2, 0) is 0 Å². The van der Waals surface area contributed by atoms with Gasteiger partial charge in [-0.3, -0.25) is 4.79 Å². The molecule has 0 saturated carbocycles. The van der Waals surface area contributed by atoms with Crippen LogP contribution in [0.3, 0.4) is 0 Å². The molecular weight excluding hydrogens is 281 g/mol. The van der Waals surface area contributed by atoms with E-state index in [1.807, 2.05) is 19.9 Å². The molecule has 0 aliphatic rings. The van der Waals surface area contributed by atoms with E-state index >= 15 is 4.39 Å². The molecule has 0 aliphatic carbocycles. The molecule has 112 valence electrons. The van der Waals surface area contributed by atoms with Gasteiger partial charge in [-0.1, -0.05) is 32.0 Å². The Morgan fingerprint density at radius 1 is 1.14 bits per heavy atom. The lowest BCUT2D eigenvalue weighted by molar-refractivity contribution is 0.518. The zero-order valence-electron chi connectivity index (χ0n) is 12.7. The molecule has 0 amide bonds. The summed E-state index contributed by atoms with van der Waals surface area (Å²) in [7, 11) is 0. The van der Waals surface area contributed by atoms with E-state index in [4.69, 9.17) is 0 Å². The Balaban J connectivity index is 2.52. The fourth-order valence-corrected chi connectivity index (χ4v) is 2.69. The van der Waals surface area contributed by atoms with E-state index in [1.165, 1.54) is 6.20 Å². The SMILES string of the molecule is Cc1ccnnc1-n1c(F)c(C(C)C)c2ccccc2c1=O. The Labute approximate surface area is 127 Å². The first kappa shape index (κ1) is 14.4. The Morgan fingerprint density at radius 3 is 2.45 bits per heavy atom. The Bertz CT molecular complexity index is 915. The van der Waals surface area contributed by atoms with Crippen molar-refractivity contribution in [2.45, 2.75) is 26.7 Å². The van der Waals surface area contributed by atoms with E-state index in [9.17, 15) is 4.79 Å². The number of aryl methyl sites for hydroxylation is 1. The number of aromatic nitrogens is 3. The lowest BCUT2D eigenvalue weighted by atomic mass is 9.98. The maximum Gasteiger partial charge on any atom is 0.266 e. The van der Waals surface area contributed by atoms with Crippen LogP contribution in [0.2, 0.25) is 0 Å². The Morgan fingerprint density at radius 2 is 1.82 bits per heavy atom. The third-order valence-electron chi connectivity index (χ3n) is 3.75. The smallest absolute Gasteiger partial charge is 0.266 e. The van der Waals surface area contributed by atoms with Crippen LogP contribution in [0.15, 0.2) is 41.3 Å². The number of nitrogens with zero attached hydrogens (tertiary/aromatic N) is 3. The van der Waals surface area contributed by atoms with Gasteiger partial charge < -0.3 is 0 Å². The largest absolute Gasteiger partial charge is 0.268 e. The fraction of sp³-hybridized carbons (Fsp3) is 0.235. The van der Waals surface area contributed by atoms with E-state index in [1.54, 1.807) is 31.2 Å². The molecule has 4 nitrogen and oxygen atoms in total. The highest BCUT2D eigenvalue weighted by Crippen LogP contribution is 2.27. The van der Waals surface area contributed by atoms with Crippen molar-refractivity contribution >= 4 is 10.8 Å². The van der Waals surface area contributed by atoms with Gasteiger partial charge in [-0.15, -0.1) is 5.10 Å². The highest BCUT2D eigenvalue weighted by atomic mass is 19.1. The van der Waals surface area contributed by atoms with Gasteiger partial charge in [-0.25, -0.2) is 4.57 Å². The molecule has 0 bridgehead atoms. The Kier molecular flexibility index (Phi) is 3.48. The number of halogens is 1. The predicted octanol–water partition coefficient (Wildman–Crippen LogP) is 3.35. The molecule has 0 N–H and O–H groups in total. The van der Waals surface area contributed by atoms with Crippen molar-refractivity contribution in [1.29, 1.82) is 0 Å². The lowest BCUT2D eigenvalue weighted by Gasteiger charge is -2.16. The van der Waals surface area contributed by atoms with Crippen molar-refractivity contribution in [2.75, 3.05) is 0 Å². The van der Waals surface area contributed by atoms with E-state index in [0.717, 1.165) is 4.57 Å². The molecule has 0 spiro atoms. The van der Waals surface area contributed by atoms with Crippen molar-refractivity contribution in [1.82, 2.24) is 14.8 Å². The van der Waals surface area contributed by atoms with Crippen LogP contribution < -0.4 is 5.56 Å². The molecular formula is C17H16FN3O. The van der Waals surface area contributed by atoms with E-state index in [0.29, 0.717) is 21.9 Å². The van der Waals surface area contributed by atoms with Crippen LogP contribution in [0.25, 0.3) is 16.6 Å². The fourth-order valence-electron chi connectivity index (χ4n) is 2.69. The maximum absolute atomic E-state index is 15.1. The molecule has 22 heavy (non-hydrogen) atoms. The first-order chi connectivity index (χ1) is 10.5. The molecule has 3 rings (SSSR count). The second kappa shape index (κ2) is 5.33. The number of fused-ring (bicyclic) bond motifs is 1. The van der Waals surface area contributed by atoms with Crippen molar-refractivity contribution in [2.24, 2.45) is 0 Å². The summed E-state index contributed by atoms with van der Waals surface area (Å²) in [6.45, 7) is 5.59. The Hall–Kier alpha value is -2.56. The molecule has 0 unspecified atom stereocenters. The third kappa shape index (κ3) is 2.09. The second-order valence-electron chi connectivity index (χ2n) is 5.58. The van der Waals surface area contributed by atoms with Crippen LogP contribution in [0.1, 0.15) is 30.9 Å². The van der Waals surface area contributed by atoms with Gasteiger partial charge in [-0.2, -0.15) is 9.49 Å². The van der Waals surface area contributed by atoms with Crippen LogP contribution >= 0.6 is 0 Å². The zero-order valence-corrected chi connectivity index (χ0v) is 12.7. The molecule has 2 heterocycles. The van der Waals surface area contributed by atoms with E-state index in [-0.39, 0.29) is 11.7 Å². The van der Waals surface area contributed by atoms with Gasteiger partial charge in [0.25, 0.3) is 5.56 Å². The summed E-state index contributed by atoms with van der Waals surface area (Å²) in [5, 5.41) is 8.87. The summed E-state index contributed by atoms with van der Waals surface area (Å²) < 4.78 is 16.1. The number of pyridine rings is 1. The number of benzene rings is 1. The monoisotopic (exact) mass is 297 g/mol. The summed E-state index contributed by atoms with van der Waals surface area (Å²) in [5.41, 5.74) is 0.794. The molecule has 0 fully saturated rings. The van der Waals surface area contributed by atoms with Crippen LogP contribution in [0.5, 0.6) is 0 Å². The summed E-state index contributed by atoms with van der Waals surface area (Å²) in [6.07, 6.45) is 1.52.